The van der Waals surface area contributed by atoms with E-state index in [4.69, 9.17) is 10.8 Å². The summed E-state index contributed by atoms with van der Waals surface area (Å²) in [6.45, 7) is 0. The Morgan fingerprint density at radius 3 is 2.86 bits per heavy atom. The Kier molecular flexibility index (Phi) is 3.47. The predicted molar refractivity (Wildman–Crippen MR) is 51.1 cm³/mol. The molecule has 1 aromatic heterocycles. The molecule has 5 nitrogen and oxygen atoms in total. The number of pyridine rings is 1. The first kappa shape index (κ1) is 10.5. The van der Waals surface area contributed by atoms with Gasteiger partial charge in [0.05, 0.1) is 11.3 Å². The number of aliphatic carboxylic acids is 1. The van der Waals surface area contributed by atoms with E-state index in [0.29, 0.717) is 5.03 Å². The zero-order valence-corrected chi connectivity index (χ0v) is 7.95. The number of carboxylic acid groups (broad SMARTS) is 1. The van der Waals surface area contributed by atoms with E-state index in [1.54, 1.807) is 6.07 Å². The fourth-order valence-corrected chi connectivity index (χ4v) is 1.54. The van der Waals surface area contributed by atoms with Crippen molar-refractivity contribution in [3.63, 3.8) is 0 Å². The van der Waals surface area contributed by atoms with Gasteiger partial charge in [0, 0.05) is 6.20 Å². The first-order valence-electron chi connectivity index (χ1n) is 3.70. The van der Waals surface area contributed by atoms with Crippen LogP contribution in [0, 0.1) is 0 Å². The van der Waals surface area contributed by atoms with E-state index in [9.17, 15) is 9.59 Å². The van der Waals surface area contributed by atoms with E-state index < -0.39 is 11.9 Å². The minimum atomic E-state index is -0.962. The van der Waals surface area contributed by atoms with Crippen molar-refractivity contribution >= 4 is 23.6 Å². The van der Waals surface area contributed by atoms with Gasteiger partial charge in [0.25, 0.3) is 5.91 Å². The van der Waals surface area contributed by atoms with Crippen molar-refractivity contribution < 1.29 is 14.7 Å². The van der Waals surface area contributed by atoms with Crippen LogP contribution < -0.4 is 5.73 Å². The van der Waals surface area contributed by atoms with Crippen LogP contribution in [-0.2, 0) is 4.79 Å². The van der Waals surface area contributed by atoms with Crippen LogP contribution in [-0.4, -0.2) is 27.7 Å². The summed E-state index contributed by atoms with van der Waals surface area (Å²) in [5.74, 6) is -1.71. The molecular formula is C8H8N2O3S. The Morgan fingerprint density at radius 1 is 1.57 bits per heavy atom. The van der Waals surface area contributed by atoms with Crippen molar-refractivity contribution in [1.29, 1.82) is 0 Å². The zero-order valence-electron chi connectivity index (χ0n) is 7.14. The van der Waals surface area contributed by atoms with Gasteiger partial charge in [-0.1, -0.05) is 11.8 Å². The first-order chi connectivity index (χ1) is 6.61. The van der Waals surface area contributed by atoms with Gasteiger partial charge in [0.15, 0.2) is 0 Å². The quantitative estimate of drug-likeness (QED) is 0.703. The highest BCUT2D eigenvalue weighted by Gasteiger charge is 2.10. The van der Waals surface area contributed by atoms with Crippen LogP contribution in [0.3, 0.4) is 0 Å². The number of nitrogens with zero attached hydrogens (tertiary/aromatic N) is 1. The Balaban J connectivity index is 2.84. The maximum Gasteiger partial charge on any atom is 0.313 e. The van der Waals surface area contributed by atoms with E-state index in [1.807, 2.05) is 0 Å². The van der Waals surface area contributed by atoms with Crippen LogP contribution in [0.1, 0.15) is 10.4 Å². The lowest BCUT2D eigenvalue weighted by atomic mass is 10.3. The van der Waals surface area contributed by atoms with Gasteiger partial charge < -0.3 is 10.8 Å². The molecule has 0 aliphatic heterocycles. The number of carbonyl (C=O) groups is 2. The number of nitrogens with two attached hydrogens (primary N) is 1. The van der Waals surface area contributed by atoms with Gasteiger partial charge in [-0.15, -0.1) is 0 Å². The number of primary amides is 1. The molecule has 1 heterocycles. The number of carboxylic acids is 1. The van der Waals surface area contributed by atoms with Crippen LogP contribution in [0.15, 0.2) is 23.4 Å². The molecule has 1 rings (SSSR count). The fraction of sp³-hybridized carbons (Fsp3) is 0.125. The number of rotatable bonds is 4. The molecule has 0 saturated heterocycles. The zero-order chi connectivity index (χ0) is 10.6. The molecule has 0 unspecified atom stereocenters. The molecule has 14 heavy (non-hydrogen) atoms. The van der Waals surface area contributed by atoms with E-state index in [0.717, 1.165) is 11.8 Å². The van der Waals surface area contributed by atoms with Gasteiger partial charge in [-0.3, -0.25) is 9.59 Å². The van der Waals surface area contributed by atoms with E-state index in [2.05, 4.69) is 4.98 Å². The van der Waals surface area contributed by atoms with Crippen molar-refractivity contribution in [3.05, 3.63) is 23.9 Å². The van der Waals surface area contributed by atoms with Crippen molar-refractivity contribution in [2.75, 3.05) is 5.75 Å². The van der Waals surface area contributed by atoms with Crippen LogP contribution in [0.4, 0.5) is 0 Å². The van der Waals surface area contributed by atoms with Crippen LogP contribution in [0.2, 0.25) is 0 Å². The smallest absolute Gasteiger partial charge is 0.313 e. The summed E-state index contributed by atoms with van der Waals surface area (Å²) in [5, 5.41) is 8.79. The molecule has 0 aliphatic carbocycles. The largest absolute Gasteiger partial charge is 0.481 e. The lowest BCUT2D eigenvalue weighted by molar-refractivity contribution is -0.133. The van der Waals surface area contributed by atoms with Gasteiger partial charge >= 0.3 is 5.97 Å². The van der Waals surface area contributed by atoms with Crippen molar-refractivity contribution in [2.24, 2.45) is 5.73 Å². The minimum Gasteiger partial charge on any atom is -0.481 e. The highest BCUT2D eigenvalue weighted by Crippen LogP contribution is 2.18. The Morgan fingerprint density at radius 2 is 2.29 bits per heavy atom. The van der Waals surface area contributed by atoms with Gasteiger partial charge in [-0.05, 0) is 12.1 Å². The molecule has 0 saturated carbocycles. The standard InChI is InChI=1S/C8H8N2O3S/c9-7(13)5-2-1-3-10-8(5)14-4-6(11)12/h1-3H,4H2,(H2,9,13)(H,11,12). The molecule has 3 N–H and O–H groups in total. The highest BCUT2D eigenvalue weighted by molar-refractivity contribution is 7.99. The highest BCUT2D eigenvalue weighted by atomic mass is 32.2. The normalized spacial score (nSPS) is 9.71. The van der Waals surface area contributed by atoms with Gasteiger partial charge in [0.1, 0.15) is 5.03 Å². The summed E-state index contributed by atoms with van der Waals surface area (Å²) in [7, 11) is 0. The third-order valence-corrected chi connectivity index (χ3v) is 2.36. The maximum absolute atomic E-state index is 10.9. The SMILES string of the molecule is NC(=O)c1cccnc1SCC(=O)O. The summed E-state index contributed by atoms with van der Waals surface area (Å²) in [4.78, 5) is 25.0. The molecule has 0 aromatic carbocycles. The summed E-state index contributed by atoms with van der Waals surface area (Å²) >= 11 is 0.972. The number of hydrogen-bond acceptors (Lipinski definition) is 4. The Labute approximate surface area is 84.3 Å². The number of thioether (sulfide) groups is 1. The average molecular weight is 212 g/mol. The molecule has 0 aliphatic rings. The van der Waals surface area contributed by atoms with Crippen molar-refractivity contribution in [1.82, 2.24) is 4.98 Å². The third-order valence-electron chi connectivity index (χ3n) is 1.37. The number of carbonyl (C=O) groups excluding carboxylic acids is 1. The molecule has 0 spiro atoms. The molecule has 1 aromatic rings. The monoisotopic (exact) mass is 212 g/mol. The van der Waals surface area contributed by atoms with Crippen LogP contribution >= 0.6 is 11.8 Å². The van der Waals surface area contributed by atoms with Gasteiger partial charge in [-0.25, -0.2) is 4.98 Å². The van der Waals surface area contributed by atoms with E-state index >= 15 is 0 Å². The number of aromatic nitrogens is 1. The second-order valence-corrected chi connectivity index (χ2v) is 3.37. The summed E-state index contributed by atoms with van der Waals surface area (Å²) in [6.07, 6.45) is 1.48. The molecule has 0 radical (unpaired) electrons. The summed E-state index contributed by atoms with van der Waals surface area (Å²) in [6, 6.07) is 3.09. The number of hydrogen-bond donors (Lipinski definition) is 2. The van der Waals surface area contributed by atoms with Crippen LogP contribution in [0.25, 0.3) is 0 Å². The van der Waals surface area contributed by atoms with Crippen molar-refractivity contribution in [2.45, 2.75) is 5.03 Å². The van der Waals surface area contributed by atoms with Gasteiger partial charge in [0.2, 0.25) is 0 Å². The van der Waals surface area contributed by atoms with Crippen LogP contribution in [0.5, 0.6) is 0 Å². The maximum atomic E-state index is 10.9. The predicted octanol–water partition coefficient (Wildman–Crippen LogP) is 0.357. The third kappa shape index (κ3) is 2.74. The lowest BCUT2D eigenvalue weighted by Crippen LogP contribution is -2.13. The second-order valence-electron chi connectivity index (χ2n) is 2.40. The Hall–Kier alpha value is -1.56. The molecule has 0 atom stereocenters. The van der Waals surface area contributed by atoms with Crippen molar-refractivity contribution in [3.8, 4) is 0 Å². The average Bonchev–Trinajstić information content (AvgIpc) is 2.15. The molecular weight excluding hydrogens is 204 g/mol. The fourth-order valence-electron chi connectivity index (χ4n) is 0.823. The first-order valence-corrected chi connectivity index (χ1v) is 4.69. The molecule has 0 fully saturated rings. The van der Waals surface area contributed by atoms with E-state index in [-0.39, 0.29) is 11.3 Å². The van der Waals surface area contributed by atoms with Gasteiger partial charge in [-0.2, -0.15) is 0 Å². The van der Waals surface area contributed by atoms with E-state index in [1.165, 1.54) is 12.3 Å². The number of amides is 1. The topological polar surface area (TPSA) is 93.3 Å². The second kappa shape index (κ2) is 4.61. The minimum absolute atomic E-state index is 0.142. The molecule has 1 amide bonds. The Bertz CT molecular complexity index is 367. The summed E-state index contributed by atoms with van der Waals surface area (Å²) in [5.41, 5.74) is 5.33. The molecule has 6 heteroatoms. The summed E-state index contributed by atoms with van der Waals surface area (Å²) < 4.78 is 0. The molecule has 74 valence electrons. The lowest BCUT2D eigenvalue weighted by Gasteiger charge is -2.02. The molecule has 0 bridgehead atoms.